The topological polar surface area (TPSA) is 56.0 Å². The number of nitrogens with zero attached hydrogens (tertiary/aromatic N) is 4. The number of unbranched alkanes of at least 4 members (excludes halogenated alkanes) is 1. The third-order valence-electron chi connectivity index (χ3n) is 7.18. The fourth-order valence-corrected chi connectivity index (χ4v) is 6.93. The van der Waals surface area contributed by atoms with Crippen molar-refractivity contribution in [3.8, 4) is 0 Å². The number of amides is 1. The molecule has 2 aliphatic rings. The standard InChI is InChI=1S/C31H37N5OS.ClH/c1-33(31(37)28-16-8-9-17-29(28)32)19-10-11-20-34-21-23-35(24-22-34)30-18-25-38(27-14-6-3-7-15-27)36(30)26-12-4-2-5-13-26;/h2-9,12-18,25H,10-11,19-24,32H2,1H3;1H. The largest absolute Gasteiger partial charge is 0.398 e. The Balaban J connectivity index is 0.00000353. The lowest BCUT2D eigenvalue weighted by molar-refractivity contribution is 0.0791. The summed E-state index contributed by atoms with van der Waals surface area (Å²) in [6.07, 6.45) is 4.37. The predicted octanol–water partition coefficient (Wildman–Crippen LogP) is 5.57. The molecule has 2 aliphatic heterocycles. The van der Waals surface area contributed by atoms with Gasteiger partial charge in [-0.05, 0) is 67.2 Å². The highest BCUT2D eigenvalue weighted by molar-refractivity contribution is 8.16. The molecular formula is C31H38ClN5OS. The number of piperazine rings is 1. The van der Waals surface area contributed by atoms with E-state index >= 15 is 0 Å². The number of allylic oxidation sites excluding steroid dienone is 1. The van der Waals surface area contributed by atoms with E-state index in [4.69, 9.17) is 5.73 Å². The molecule has 1 atom stereocenters. The van der Waals surface area contributed by atoms with E-state index in [1.165, 1.54) is 16.4 Å². The maximum absolute atomic E-state index is 12.7. The van der Waals surface area contributed by atoms with Gasteiger partial charge in [-0.3, -0.25) is 14.0 Å². The van der Waals surface area contributed by atoms with Crippen LogP contribution >= 0.6 is 23.1 Å². The summed E-state index contributed by atoms with van der Waals surface area (Å²) < 4.78 is 2.50. The molecule has 39 heavy (non-hydrogen) atoms. The molecule has 206 valence electrons. The molecule has 0 bridgehead atoms. The number of rotatable bonds is 9. The Morgan fingerprint density at radius 2 is 1.51 bits per heavy atom. The zero-order valence-corrected chi connectivity index (χ0v) is 24.1. The van der Waals surface area contributed by atoms with Crippen molar-refractivity contribution < 1.29 is 4.79 Å². The van der Waals surface area contributed by atoms with Crippen LogP contribution in [0.15, 0.2) is 102 Å². The summed E-state index contributed by atoms with van der Waals surface area (Å²) >= 11 is 0. The van der Waals surface area contributed by atoms with Crippen LogP contribution in [0.1, 0.15) is 23.2 Å². The third-order valence-corrected chi connectivity index (χ3v) is 9.12. The van der Waals surface area contributed by atoms with E-state index in [-0.39, 0.29) is 29.0 Å². The van der Waals surface area contributed by atoms with Gasteiger partial charge in [-0.2, -0.15) is 0 Å². The highest BCUT2D eigenvalue weighted by Crippen LogP contribution is 2.42. The van der Waals surface area contributed by atoms with Crippen molar-refractivity contribution in [3.05, 3.63) is 102 Å². The molecule has 0 aliphatic carbocycles. The fourth-order valence-electron chi connectivity index (χ4n) is 5.03. The van der Waals surface area contributed by atoms with Crippen molar-refractivity contribution in [2.75, 3.05) is 56.4 Å². The van der Waals surface area contributed by atoms with Gasteiger partial charge in [-0.1, -0.05) is 59.2 Å². The molecule has 0 radical (unpaired) electrons. The molecule has 5 rings (SSSR count). The third kappa shape index (κ3) is 6.85. The maximum atomic E-state index is 12.7. The molecule has 6 nitrogen and oxygen atoms in total. The smallest absolute Gasteiger partial charge is 0.255 e. The quantitative estimate of drug-likeness (QED) is 0.210. The van der Waals surface area contributed by atoms with Crippen molar-refractivity contribution in [3.63, 3.8) is 0 Å². The molecule has 1 fully saturated rings. The van der Waals surface area contributed by atoms with Crippen LogP contribution in [0.3, 0.4) is 0 Å². The Hall–Kier alpha value is -3.26. The predicted molar refractivity (Wildman–Crippen MR) is 168 cm³/mol. The summed E-state index contributed by atoms with van der Waals surface area (Å²) in [6, 6.07) is 28.8. The van der Waals surface area contributed by atoms with Crippen LogP contribution in [-0.2, 0) is 0 Å². The first-order chi connectivity index (χ1) is 18.6. The van der Waals surface area contributed by atoms with E-state index in [2.05, 4.69) is 86.2 Å². The first-order valence-corrected chi connectivity index (χ1v) is 14.6. The summed E-state index contributed by atoms with van der Waals surface area (Å²) in [4.78, 5) is 20.9. The molecule has 1 unspecified atom stereocenters. The minimum absolute atomic E-state index is 0. The van der Waals surface area contributed by atoms with Gasteiger partial charge in [0.1, 0.15) is 5.82 Å². The summed E-state index contributed by atoms with van der Waals surface area (Å²) in [6.45, 7) is 5.93. The normalized spacial score (nSPS) is 17.3. The number of carbonyl (C=O) groups is 1. The lowest BCUT2D eigenvalue weighted by Crippen LogP contribution is -2.48. The highest BCUT2D eigenvalue weighted by Gasteiger charge is 2.28. The average molecular weight is 564 g/mol. The highest BCUT2D eigenvalue weighted by atomic mass is 35.5. The molecule has 2 heterocycles. The van der Waals surface area contributed by atoms with Gasteiger partial charge < -0.3 is 15.5 Å². The van der Waals surface area contributed by atoms with E-state index in [0.717, 1.165) is 52.1 Å². The van der Waals surface area contributed by atoms with Gasteiger partial charge in [0, 0.05) is 50.4 Å². The number of nitrogen functional groups attached to an aromatic ring is 1. The van der Waals surface area contributed by atoms with Crippen LogP contribution in [0.25, 0.3) is 0 Å². The van der Waals surface area contributed by atoms with Gasteiger partial charge in [0.2, 0.25) is 0 Å². The molecule has 3 aromatic rings. The lowest BCUT2D eigenvalue weighted by atomic mass is 10.1. The van der Waals surface area contributed by atoms with Crippen LogP contribution in [0.2, 0.25) is 0 Å². The van der Waals surface area contributed by atoms with Crippen LogP contribution in [0, 0.1) is 0 Å². The summed E-state index contributed by atoms with van der Waals surface area (Å²) in [5.74, 6) is 1.29. The second-order valence-electron chi connectivity index (χ2n) is 9.77. The van der Waals surface area contributed by atoms with Crippen molar-refractivity contribution in [1.29, 1.82) is 0 Å². The Kier molecular flexibility index (Phi) is 10.1. The summed E-state index contributed by atoms with van der Waals surface area (Å²) in [7, 11) is 1.73. The minimum Gasteiger partial charge on any atom is -0.398 e. The zero-order valence-electron chi connectivity index (χ0n) is 22.5. The van der Waals surface area contributed by atoms with E-state index in [1.807, 2.05) is 19.2 Å². The van der Waals surface area contributed by atoms with E-state index in [0.29, 0.717) is 11.3 Å². The van der Waals surface area contributed by atoms with Crippen molar-refractivity contribution in [1.82, 2.24) is 14.7 Å². The minimum atomic E-state index is -0.130. The SMILES string of the molecule is CN(CCCCN1CCN(C2=CC=S(c3ccccc3)N2c2ccccc2)CC1)C(=O)c1ccccc1N.Cl. The number of anilines is 2. The Bertz CT molecular complexity index is 1290. The van der Waals surface area contributed by atoms with E-state index in [1.54, 1.807) is 17.0 Å². The molecule has 2 N–H and O–H groups in total. The molecule has 0 spiro atoms. The number of benzene rings is 3. The van der Waals surface area contributed by atoms with E-state index in [9.17, 15) is 4.79 Å². The number of halogens is 1. The van der Waals surface area contributed by atoms with Crippen LogP contribution < -0.4 is 10.0 Å². The van der Waals surface area contributed by atoms with Crippen molar-refractivity contribution in [2.45, 2.75) is 17.7 Å². The van der Waals surface area contributed by atoms with Gasteiger partial charge in [0.05, 0.1) is 11.3 Å². The van der Waals surface area contributed by atoms with Gasteiger partial charge in [0.25, 0.3) is 5.91 Å². The molecule has 8 heteroatoms. The van der Waals surface area contributed by atoms with Crippen LogP contribution in [0.5, 0.6) is 0 Å². The number of para-hydroxylation sites is 2. The van der Waals surface area contributed by atoms with Crippen LogP contribution in [0.4, 0.5) is 11.4 Å². The van der Waals surface area contributed by atoms with Crippen molar-refractivity contribution >= 4 is 45.7 Å². The lowest BCUT2D eigenvalue weighted by Gasteiger charge is -2.40. The zero-order chi connectivity index (χ0) is 26.3. The Morgan fingerprint density at radius 1 is 0.872 bits per heavy atom. The first kappa shape index (κ1) is 28.7. The second kappa shape index (κ2) is 13.7. The maximum Gasteiger partial charge on any atom is 0.255 e. The number of carbonyl (C=O) groups excluding carboxylic acids is 1. The fraction of sp³-hybridized carbons (Fsp3) is 0.290. The van der Waals surface area contributed by atoms with Crippen molar-refractivity contribution in [2.24, 2.45) is 0 Å². The molecule has 0 saturated carbocycles. The van der Waals surface area contributed by atoms with Gasteiger partial charge in [0.15, 0.2) is 0 Å². The molecule has 3 aromatic carbocycles. The van der Waals surface area contributed by atoms with Gasteiger partial charge in [-0.15, -0.1) is 12.4 Å². The van der Waals surface area contributed by atoms with E-state index < -0.39 is 0 Å². The molecule has 1 amide bonds. The monoisotopic (exact) mass is 563 g/mol. The van der Waals surface area contributed by atoms with Gasteiger partial charge in [-0.25, -0.2) is 0 Å². The first-order valence-electron chi connectivity index (χ1n) is 13.4. The number of hydrogen-bond acceptors (Lipinski definition) is 5. The summed E-state index contributed by atoms with van der Waals surface area (Å²) in [5.41, 5.74) is 8.34. The number of nitrogens with two attached hydrogens (primary N) is 1. The Labute approximate surface area is 241 Å². The second-order valence-corrected chi connectivity index (χ2v) is 11.5. The molecule has 1 saturated heterocycles. The number of hydrogen-bond donors (Lipinski definition) is 1. The molecule has 0 aromatic heterocycles. The van der Waals surface area contributed by atoms with Crippen LogP contribution in [-0.4, -0.2) is 72.3 Å². The molecular weight excluding hydrogens is 526 g/mol. The summed E-state index contributed by atoms with van der Waals surface area (Å²) in [5, 5.41) is 2.35. The Morgan fingerprint density at radius 3 is 2.21 bits per heavy atom. The van der Waals surface area contributed by atoms with Gasteiger partial charge >= 0.3 is 0 Å². The average Bonchev–Trinajstić information content (AvgIpc) is 3.42.